The standard InChI is InChI=1S/C26H31NO5/c1-25(2)10-17-23(19(28)12-25)22(15-6-8-16(9-7-15)32-14-21(30)31)24-18(27(17)5)11-26(3,4)13-20(24)29/h6-9,22H,10-14H2,1-5H3,(H,30,31). The highest BCUT2D eigenvalue weighted by molar-refractivity contribution is 6.06. The van der Waals surface area contributed by atoms with Crippen molar-refractivity contribution in [3.8, 4) is 5.75 Å². The molecule has 1 aromatic rings. The fourth-order valence-electron chi connectivity index (χ4n) is 5.40. The quantitative estimate of drug-likeness (QED) is 0.748. The van der Waals surface area contributed by atoms with Gasteiger partial charge in [-0.15, -0.1) is 0 Å². The van der Waals surface area contributed by atoms with E-state index in [0.717, 1.165) is 40.9 Å². The maximum absolute atomic E-state index is 13.4. The van der Waals surface area contributed by atoms with E-state index in [1.54, 1.807) is 12.1 Å². The van der Waals surface area contributed by atoms with Gasteiger partial charge in [-0.25, -0.2) is 4.79 Å². The summed E-state index contributed by atoms with van der Waals surface area (Å²) in [4.78, 5) is 39.7. The van der Waals surface area contributed by atoms with Gasteiger partial charge in [0.1, 0.15) is 5.75 Å². The van der Waals surface area contributed by atoms with E-state index in [1.807, 2.05) is 19.2 Å². The van der Waals surface area contributed by atoms with Crippen LogP contribution in [-0.4, -0.2) is 41.2 Å². The lowest BCUT2D eigenvalue weighted by molar-refractivity contribution is -0.139. The number of Topliss-reactive ketones (excluding diaryl/α,β-unsaturated/α-hetero) is 2. The summed E-state index contributed by atoms with van der Waals surface area (Å²) in [6.45, 7) is 8.05. The number of allylic oxidation sites excluding steroid dienone is 4. The first-order valence-corrected chi connectivity index (χ1v) is 11.1. The molecule has 170 valence electrons. The average Bonchev–Trinajstić information content (AvgIpc) is 2.67. The van der Waals surface area contributed by atoms with Gasteiger partial charge in [0, 0.05) is 48.3 Å². The molecule has 0 fully saturated rings. The molecule has 6 heteroatoms. The molecular weight excluding hydrogens is 406 g/mol. The Balaban J connectivity index is 1.84. The molecule has 2 aliphatic carbocycles. The second kappa shape index (κ2) is 7.61. The molecule has 0 saturated carbocycles. The lowest BCUT2D eigenvalue weighted by atomic mass is 9.64. The van der Waals surface area contributed by atoms with Gasteiger partial charge in [0.05, 0.1) is 0 Å². The van der Waals surface area contributed by atoms with Crippen LogP contribution in [0.3, 0.4) is 0 Å². The van der Waals surface area contributed by atoms with E-state index in [2.05, 4.69) is 32.6 Å². The third kappa shape index (κ3) is 3.98. The Labute approximate surface area is 188 Å². The number of benzene rings is 1. The van der Waals surface area contributed by atoms with Gasteiger partial charge in [-0.2, -0.15) is 0 Å². The van der Waals surface area contributed by atoms with E-state index in [-0.39, 0.29) is 22.4 Å². The second-order valence-corrected chi connectivity index (χ2v) is 10.8. The number of carbonyl (C=O) groups excluding carboxylic acids is 2. The van der Waals surface area contributed by atoms with Crippen molar-refractivity contribution < 1.29 is 24.2 Å². The third-order valence-corrected chi connectivity index (χ3v) is 6.76. The molecular formula is C26H31NO5. The molecule has 3 aliphatic rings. The summed E-state index contributed by atoms with van der Waals surface area (Å²) in [6.07, 6.45) is 2.48. The number of rotatable bonds is 4. The number of hydrogen-bond acceptors (Lipinski definition) is 5. The van der Waals surface area contributed by atoms with E-state index in [1.165, 1.54) is 0 Å². The van der Waals surface area contributed by atoms with Crippen molar-refractivity contribution in [3.63, 3.8) is 0 Å². The Bertz CT molecular complexity index is 1000. The largest absolute Gasteiger partial charge is 0.482 e. The van der Waals surface area contributed by atoms with Crippen LogP contribution < -0.4 is 4.74 Å². The Kier molecular flexibility index (Phi) is 5.30. The summed E-state index contributed by atoms with van der Waals surface area (Å²) in [7, 11) is 1.99. The minimum absolute atomic E-state index is 0.100. The van der Waals surface area contributed by atoms with Crippen LogP contribution in [0, 0.1) is 10.8 Å². The molecule has 32 heavy (non-hydrogen) atoms. The molecule has 0 atom stereocenters. The maximum Gasteiger partial charge on any atom is 0.341 e. The molecule has 1 aromatic carbocycles. The summed E-state index contributed by atoms with van der Waals surface area (Å²) < 4.78 is 5.27. The number of ether oxygens (including phenoxy) is 1. The average molecular weight is 438 g/mol. The van der Waals surface area contributed by atoms with E-state index >= 15 is 0 Å². The second-order valence-electron chi connectivity index (χ2n) is 10.8. The lowest BCUT2D eigenvalue weighted by Crippen LogP contribution is -2.43. The first-order chi connectivity index (χ1) is 14.9. The Morgan fingerprint density at radius 1 is 0.938 bits per heavy atom. The number of nitrogens with zero attached hydrogens (tertiary/aromatic N) is 1. The van der Waals surface area contributed by atoms with Crippen molar-refractivity contribution in [3.05, 3.63) is 52.4 Å². The molecule has 0 bridgehead atoms. The van der Waals surface area contributed by atoms with Crippen molar-refractivity contribution in [2.45, 2.75) is 59.3 Å². The predicted molar refractivity (Wildman–Crippen MR) is 120 cm³/mol. The molecule has 0 aromatic heterocycles. The Morgan fingerprint density at radius 3 is 1.84 bits per heavy atom. The van der Waals surface area contributed by atoms with Gasteiger partial charge in [-0.1, -0.05) is 39.8 Å². The third-order valence-electron chi connectivity index (χ3n) is 6.76. The van der Waals surface area contributed by atoms with Crippen LogP contribution in [0.1, 0.15) is 64.9 Å². The SMILES string of the molecule is CN1C2=C(C(=O)CC(C)(C)C2)C(c2ccc(OCC(=O)O)cc2)C2=C1CC(C)(C)CC2=O. The molecule has 4 rings (SSSR count). The molecule has 0 radical (unpaired) electrons. The number of ketones is 2. The van der Waals surface area contributed by atoms with Crippen molar-refractivity contribution in [1.29, 1.82) is 0 Å². The van der Waals surface area contributed by atoms with Crippen LogP contribution in [0.4, 0.5) is 0 Å². The van der Waals surface area contributed by atoms with Crippen molar-refractivity contribution >= 4 is 17.5 Å². The molecule has 1 N–H and O–H groups in total. The minimum atomic E-state index is -1.04. The van der Waals surface area contributed by atoms with E-state index in [0.29, 0.717) is 18.6 Å². The highest BCUT2D eigenvalue weighted by atomic mass is 16.5. The summed E-state index contributed by atoms with van der Waals surface area (Å²) in [5, 5.41) is 8.84. The Hall–Kier alpha value is -2.89. The van der Waals surface area contributed by atoms with Gasteiger partial charge in [0.25, 0.3) is 0 Å². The van der Waals surface area contributed by atoms with Gasteiger partial charge in [-0.3, -0.25) is 9.59 Å². The fourth-order valence-corrected chi connectivity index (χ4v) is 5.40. The van der Waals surface area contributed by atoms with Crippen LogP contribution in [0.15, 0.2) is 46.8 Å². The fraction of sp³-hybridized carbons (Fsp3) is 0.500. The zero-order valence-electron chi connectivity index (χ0n) is 19.4. The zero-order valence-corrected chi connectivity index (χ0v) is 19.4. The van der Waals surface area contributed by atoms with Crippen LogP contribution in [0.2, 0.25) is 0 Å². The zero-order chi connectivity index (χ0) is 23.4. The topological polar surface area (TPSA) is 83.9 Å². The monoisotopic (exact) mass is 437 g/mol. The van der Waals surface area contributed by atoms with Gasteiger partial charge in [0.2, 0.25) is 0 Å². The molecule has 0 spiro atoms. The highest BCUT2D eigenvalue weighted by Gasteiger charge is 2.48. The molecule has 6 nitrogen and oxygen atoms in total. The predicted octanol–water partition coefficient (Wildman–Crippen LogP) is 4.47. The van der Waals surface area contributed by atoms with Gasteiger partial charge in [0.15, 0.2) is 18.2 Å². The number of hydrogen-bond donors (Lipinski definition) is 1. The van der Waals surface area contributed by atoms with Crippen LogP contribution >= 0.6 is 0 Å². The van der Waals surface area contributed by atoms with Crippen LogP contribution in [0.5, 0.6) is 5.75 Å². The summed E-state index contributed by atoms with van der Waals surface area (Å²) in [5.74, 6) is -0.789. The van der Waals surface area contributed by atoms with Gasteiger partial charge >= 0.3 is 5.97 Å². The summed E-state index contributed by atoms with van der Waals surface area (Å²) in [6, 6.07) is 7.13. The molecule has 0 unspecified atom stereocenters. The van der Waals surface area contributed by atoms with Crippen molar-refractivity contribution in [2.75, 3.05) is 13.7 Å². The lowest BCUT2D eigenvalue weighted by Gasteiger charge is -2.47. The number of carbonyl (C=O) groups is 3. The van der Waals surface area contributed by atoms with Crippen LogP contribution in [-0.2, 0) is 14.4 Å². The maximum atomic E-state index is 13.4. The van der Waals surface area contributed by atoms with Crippen molar-refractivity contribution in [2.24, 2.45) is 10.8 Å². The molecule has 1 aliphatic heterocycles. The van der Waals surface area contributed by atoms with Gasteiger partial charge in [-0.05, 0) is 41.4 Å². The van der Waals surface area contributed by atoms with E-state index < -0.39 is 18.5 Å². The van der Waals surface area contributed by atoms with E-state index in [9.17, 15) is 14.4 Å². The number of carboxylic acid groups (broad SMARTS) is 1. The molecule has 0 saturated heterocycles. The summed E-state index contributed by atoms with van der Waals surface area (Å²) in [5.41, 5.74) is 4.11. The minimum Gasteiger partial charge on any atom is -0.482 e. The van der Waals surface area contributed by atoms with Crippen LogP contribution in [0.25, 0.3) is 0 Å². The van der Waals surface area contributed by atoms with Gasteiger partial charge < -0.3 is 14.7 Å². The van der Waals surface area contributed by atoms with Crippen molar-refractivity contribution in [1.82, 2.24) is 4.90 Å². The molecule has 1 heterocycles. The number of aliphatic carboxylic acids is 1. The first kappa shape index (κ1) is 22.3. The summed E-state index contributed by atoms with van der Waals surface area (Å²) >= 11 is 0. The Morgan fingerprint density at radius 2 is 1.41 bits per heavy atom. The highest BCUT2D eigenvalue weighted by Crippen LogP contribution is 2.53. The normalized spacial score (nSPS) is 22.6. The first-order valence-electron chi connectivity index (χ1n) is 11.1. The smallest absolute Gasteiger partial charge is 0.341 e. The number of carboxylic acids is 1. The van der Waals surface area contributed by atoms with E-state index in [4.69, 9.17) is 9.84 Å². The molecule has 0 amide bonds.